The second-order valence-electron chi connectivity index (χ2n) is 4.26. The Hall–Kier alpha value is -1.39. The molecule has 0 spiro atoms. The zero-order chi connectivity index (χ0) is 12.3. The molecule has 17 heavy (non-hydrogen) atoms. The summed E-state index contributed by atoms with van der Waals surface area (Å²) in [6, 6.07) is 8.11. The van der Waals surface area contributed by atoms with Crippen molar-refractivity contribution in [2.45, 2.75) is 32.4 Å². The van der Waals surface area contributed by atoms with E-state index in [1.807, 2.05) is 24.3 Å². The van der Waals surface area contributed by atoms with Crippen LogP contribution in [-0.4, -0.2) is 27.3 Å². The molecule has 0 saturated heterocycles. The van der Waals surface area contributed by atoms with Crippen molar-refractivity contribution < 1.29 is 5.11 Å². The van der Waals surface area contributed by atoms with Crippen LogP contribution in [0, 0.1) is 0 Å². The predicted molar refractivity (Wildman–Crippen MR) is 68.8 cm³/mol. The van der Waals surface area contributed by atoms with Gasteiger partial charge >= 0.3 is 0 Å². The molecule has 0 amide bonds. The fourth-order valence-electron chi connectivity index (χ4n) is 2.01. The van der Waals surface area contributed by atoms with Crippen molar-refractivity contribution in [1.82, 2.24) is 9.55 Å². The van der Waals surface area contributed by atoms with E-state index in [1.54, 1.807) is 0 Å². The molecule has 0 fully saturated rings. The summed E-state index contributed by atoms with van der Waals surface area (Å²) in [5.41, 5.74) is 8.02. The zero-order valence-electron chi connectivity index (χ0n) is 10.1. The van der Waals surface area contributed by atoms with E-state index in [0.29, 0.717) is 6.54 Å². The van der Waals surface area contributed by atoms with Gasteiger partial charge in [-0.1, -0.05) is 19.1 Å². The van der Waals surface area contributed by atoms with Crippen molar-refractivity contribution >= 4 is 11.0 Å². The predicted octanol–water partition coefficient (Wildman–Crippen LogP) is 1.31. The third-order valence-electron chi connectivity index (χ3n) is 3.03. The molecule has 3 N–H and O–H groups in total. The first kappa shape index (κ1) is 12.1. The van der Waals surface area contributed by atoms with Gasteiger partial charge in [0.25, 0.3) is 0 Å². The number of benzene rings is 1. The number of imidazole rings is 1. The second-order valence-corrected chi connectivity index (χ2v) is 4.26. The first-order valence-electron chi connectivity index (χ1n) is 6.06. The Labute approximate surface area is 101 Å². The monoisotopic (exact) mass is 233 g/mol. The summed E-state index contributed by atoms with van der Waals surface area (Å²) in [7, 11) is 0. The Morgan fingerprint density at radius 3 is 2.88 bits per heavy atom. The first-order valence-corrected chi connectivity index (χ1v) is 6.06. The van der Waals surface area contributed by atoms with E-state index in [-0.39, 0.29) is 12.6 Å². The van der Waals surface area contributed by atoms with Crippen LogP contribution in [0.4, 0.5) is 0 Å². The van der Waals surface area contributed by atoms with E-state index >= 15 is 0 Å². The molecule has 1 aromatic heterocycles. The molecule has 0 saturated carbocycles. The molecule has 1 atom stereocenters. The SMILES string of the molecule is CCC(N)Cc1nc2ccccc2n1CCO. The molecule has 1 unspecified atom stereocenters. The van der Waals surface area contributed by atoms with Gasteiger partial charge in [0.15, 0.2) is 0 Å². The van der Waals surface area contributed by atoms with Crippen LogP contribution >= 0.6 is 0 Å². The second kappa shape index (κ2) is 5.29. The average Bonchev–Trinajstić information content (AvgIpc) is 2.68. The van der Waals surface area contributed by atoms with E-state index in [9.17, 15) is 0 Å². The maximum atomic E-state index is 9.13. The van der Waals surface area contributed by atoms with Gasteiger partial charge in [-0.15, -0.1) is 0 Å². The molecule has 0 aliphatic carbocycles. The van der Waals surface area contributed by atoms with Gasteiger partial charge in [-0.05, 0) is 18.6 Å². The summed E-state index contributed by atoms with van der Waals surface area (Å²) < 4.78 is 2.06. The maximum absolute atomic E-state index is 9.13. The van der Waals surface area contributed by atoms with Crippen LogP contribution in [0.15, 0.2) is 24.3 Å². The van der Waals surface area contributed by atoms with Gasteiger partial charge in [0.1, 0.15) is 5.82 Å². The number of nitrogens with two attached hydrogens (primary N) is 1. The molecular formula is C13H19N3O. The Kier molecular flexibility index (Phi) is 3.76. The van der Waals surface area contributed by atoms with Crippen LogP contribution < -0.4 is 5.73 Å². The number of aliphatic hydroxyl groups excluding tert-OH is 1. The quantitative estimate of drug-likeness (QED) is 0.818. The van der Waals surface area contributed by atoms with Crippen molar-refractivity contribution in [3.8, 4) is 0 Å². The number of para-hydroxylation sites is 2. The fourth-order valence-corrected chi connectivity index (χ4v) is 2.01. The molecule has 0 radical (unpaired) electrons. The molecule has 0 aliphatic rings. The van der Waals surface area contributed by atoms with Gasteiger partial charge in [-0.25, -0.2) is 4.98 Å². The van der Waals surface area contributed by atoms with E-state index in [1.165, 1.54) is 0 Å². The number of hydrogen-bond donors (Lipinski definition) is 2. The van der Waals surface area contributed by atoms with Crippen molar-refractivity contribution in [2.75, 3.05) is 6.61 Å². The lowest BCUT2D eigenvalue weighted by atomic mass is 10.1. The van der Waals surface area contributed by atoms with Crippen molar-refractivity contribution in [3.05, 3.63) is 30.1 Å². The minimum absolute atomic E-state index is 0.120. The average molecular weight is 233 g/mol. The summed E-state index contributed by atoms with van der Waals surface area (Å²) in [5, 5.41) is 9.13. The minimum Gasteiger partial charge on any atom is -0.395 e. The van der Waals surface area contributed by atoms with Gasteiger partial charge in [0.05, 0.1) is 17.6 Å². The molecule has 4 nitrogen and oxygen atoms in total. The third kappa shape index (κ3) is 2.48. The summed E-state index contributed by atoms with van der Waals surface area (Å²) in [5.74, 6) is 0.967. The Balaban J connectivity index is 2.42. The number of rotatable bonds is 5. The first-order chi connectivity index (χ1) is 8.26. The maximum Gasteiger partial charge on any atom is 0.111 e. The van der Waals surface area contributed by atoms with Crippen LogP contribution in [0.5, 0.6) is 0 Å². The van der Waals surface area contributed by atoms with E-state index < -0.39 is 0 Å². The minimum atomic E-state index is 0.120. The van der Waals surface area contributed by atoms with Gasteiger partial charge in [-0.2, -0.15) is 0 Å². The molecule has 0 bridgehead atoms. The van der Waals surface area contributed by atoms with Crippen LogP contribution in [-0.2, 0) is 13.0 Å². The molecule has 0 aliphatic heterocycles. The lowest BCUT2D eigenvalue weighted by Gasteiger charge is -2.10. The number of nitrogens with zero attached hydrogens (tertiary/aromatic N) is 2. The normalized spacial score (nSPS) is 13.1. The molecule has 92 valence electrons. The zero-order valence-corrected chi connectivity index (χ0v) is 10.1. The number of aromatic nitrogens is 2. The van der Waals surface area contributed by atoms with Crippen LogP contribution in [0.2, 0.25) is 0 Å². The van der Waals surface area contributed by atoms with Crippen LogP contribution in [0.25, 0.3) is 11.0 Å². The van der Waals surface area contributed by atoms with Crippen molar-refractivity contribution in [3.63, 3.8) is 0 Å². The summed E-state index contributed by atoms with van der Waals surface area (Å²) in [6.45, 7) is 2.77. The number of fused-ring (bicyclic) bond motifs is 1. The van der Waals surface area contributed by atoms with Crippen molar-refractivity contribution in [2.24, 2.45) is 5.73 Å². The Morgan fingerprint density at radius 2 is 2.18 bits per heavy atom. The Bertz CT molecular complexity index is 492. The van der Waals surface area contributed by atoms with E-state index in [4.69, 9.17) is 10.8 Å². The lowest BCUT2D eigenvalue weighted by molar-refractivity contribution is 0.275. The fraction of sp³-hybridized carbons (Fsp3) is 0.462. The highest BCUT2D eigenvalue weighted by atomic mass is 16.3. The van der Waals surface area contributed by atoms with Gasteiger partial charge in [0, 0.05) is 19.0 Å². The van der Waals surface area contributed by atoms with E-state index in [0.717, 1.165) is 29.7 Å². The van der Waals surface area contributed by atoms with Gasteiger partial charge in [-0.3, -0.25) is 0 Å². The molecular weight excluding hydrogens is 214 g/mol. The van der Waals surface area contributed by atoms with Gasteiger partial charge < -0.3 is 15.4 Å². The molecule has 1 heterocycles. The highest BCUT2D eigenvalue weighted by Gasteiger charge is 2.12. The molecule has 2 aromatic rings. The number of aliphatic hydroxyl groups is 1. The van der Waals surface area contributed by atoms with Crippen LogP contribution in [0.3, 0.4) is 0 Å². The number of hydrogen-bond acceptors (Lipinski definition) is 3. The van der Waals surface area contributed by atoms with Crippen molar-refractivity contribution in [1.29, 1.82) is 0 Å². The molecule has 1 aromatic carbocycles. The molecule has 4 heteroatoms. The third-order valence-corrected chi connectivity index (χ3v) is 3.03. The molecule has 2 rings (SSSR count). The standard InChI is InChI=1S/C13H19N3O/c1-2-10(14)9-13-15-11-5-3-4-6-12(11)16(13)7-8-17/h3-6,10,17H,2,7-9,14H2,1H3. The highest BCUT2D eigenvalue weighted by Crippen LogP contribution is 2.17. The Morgan fingerprint density at radius 1 is 1.41 bits per heavy atom. The summed E-state index contributed by atoms with van der Waals surface area (Å²) >= 11 is 0. The topological polar surface area (TPSA) is 64.1 Å². The summed E-state index contributed by atoms with van der Waals surface area (Å²) in [4.78, 5) is 4.59. The van der Waals surface area contributed by atoms with Crippen LogP contribution in [0.1, 0.15) is 19.2 Å². The van der Waals surface area contributed by atoms with E-state index in [2.05, 4.69) is 16.5 Å². The largest absolute Gasteiger partial charge is 0.395 e. The highest BCUT2D eigenvalue weighted by molar-refractivity contribution is 5.75. The van der Waals surface area contributed by atoms with Gasteiger partial charge in [0.2, 0.25) is 0 Å². The lowest BCUT2D eigenvalue weighted by Crippen LogP contribution is -2.24. The smallest absolute Gasteiger partial charge is 0.111 e. The summed E-state index contributed by atoms with van der Waals surface area (Å²) in [6.07, 6.45) is 1.69.